The van der Waals surface area contributed by atoms with Crippen LogP contribution in [0.1, 0.15) is 22.0 Å². The molecule has 0 aliphatic rings. The highest BCUT2D eigenvalue weighted by molar-refractivity contribution is 6.30. The molecule has 0 saturated heterocycles. The molecular formula is C11H12ClNO4. The summed E-state index contributed by atoms with van der Waals surface area (Å²) in [5.74, 6) is -1.40. The van der Waals surface area contributed by atoms with E-state index in [0.29, 0.717) is 11.1 Å². The second-order valence-corrected chi connectivity index (χ2v) is 3.74. The van der Waals surface area contributed by atoms with Crippen molar-refractivity contribution in [1.29, 1.82) is 0 Å². The first-order valence-corrected chi connectivity index (χ1v) is 5.35. The number of benzene rings is 1. The summed E-state index contributed by atoms with van der Waals surface area (Å²) in [4.78, 5) is 21.9. The maximum Gasteiger partial charge on any atom is 0.249 e. The van der Waals surface area contributed by atoms with Gasteiger partial charge in [-0.2, -0.15) is 0 Å². The van der Waals surface area contributed by atoms with E-state index in [9.17, 15) is 19.8 Å². The highest BCUT2D eigenvalue weighted by Crippen LogP contribution is 2.17. The molecule has 4 N–H and O–H groups in total. The van der Waals surface area contributed by atoms with Crippen molar-refractivity contribution in [3.63, 3.8) is 0 Å². The van der Waals surface area contributed by atoms with Crippen LogP contribution in [0.25, 0.3) is 0 Å². The summed E-state index contributed by atoms with van der Waals surface area (Å²) in [5, 5.41) is 18.8. The number of carbonyl (C=O) groups is 2. The number of aliphatic hydroxyl groups excluding tert-OH is 2. The minimum atomic E-state index is -1.68. The van der Waals surface area contributed by atoms with E-state index in [1.54, 1.807) is 0 Å². The van der Waals surface area contributed by atoms with Crippen molar-refractivity contribution in [2.75, 3.05) is 5.88 Å². The van der Waals surface area contributed by atoms with Crippen LogP contribution >= 0.6 is 11.6 Å². The number of ketones is 1. The number of aliphatic hydroxyl groups is 2. The van der Waals surface area contributed by atoms with Crippen LogP contribution in [-0.4, -0.2) is 33.9 Å². The van der Waals surface area contributed by atoms with E-state index in [4.69, 9.17) is 17.3 Å². The monoisotopic (exact) mass is 257 g/mol. The predicted molar refractivity (Wildman–Crippen MR) is 61.7 cm³/mol. The van der Waals surface area contributed by atoms with Gasteiger partial charge < -0.3 is 15.9 Å². The molecule has 17 heavy (non-hydrogen) atoms. The second-order valence-electron chi connectivity index (χ2n) is 3.47. The van der Waals surface area contributed by atoms with Crippen LogP contribution in [0.5, 0.6) is 0 Å². The average molecular weight is 258 g/mol. The quantitative estimate of drug-likeness (QED) is 0.510. The van der Waals surface area contributed by atoms with Crippen molar-refractivity contribution < 1.29 is 19.8 Å². The lowest BCUT2D eigenvalue weighted by atomic mass is 10.0. The van der Waals surface area contributed by atoms with Crippen LogP contribution in [0.4, 0.5) is 0 Å². The zero-order valence-corrected chi connectivity index (χ0v) is 9.59. The molecule has 1 amide bonds. The zero-order chi connectivity index (χ0) is 13.0. The number of amides is 1. The Morgan fingerprint density at radius 3 is 2.18 bits per heavy atom. The molecule has 0 heterocycles. The minimum Gasteiger partial charge on any atom is -0.385 e. The number of hydrogen-bond acceptors (Lipinski definition) is 4. The predicted octanol–water partition coefficient (Wildman–Crippen LogP) is -0.0123. The summed E-state index contributed by atoms with van der Waals surface area (Å²) in [5.41, 5.74) is 5.54. The second kappa shape index (κ2) is 5.77. The fourth-order valence-corrected chi connectivity index (χ4v) is 1.44. The van der Waals surface area contributed by atoms with Crippen molar-refractivity contribution in [3.8, 4) is 0 Å². The van der Waals surface area contributed by atoms with E-state index in [-0.39, 0.29) is 11.7 Å². The topological polar surface area (TPSA) is 101 Å². The third kappa shape index (κ3) is 3.26. The van der Waals surface area contributed by atoms with E-state index in [2.05, 4.69) is 0 Å². The Balaban J connectivity index is 2.87. The number of nitrogens with two attached hydrogens (primary N) is 1. The minimum absolute atomic E-state index is 0.133. The van der Waals surface area contributed by atoms with E-state index >= 15 is 0 Å². The van der Waals surface area contributed by atoms with E-state index in [1.165, 1.54) is 24.3 Å². The Kier molecular flexibility index (Phi) is 4.62. The summed E-state index contributed by atoms with van der Waals surface area (Å²) in [7, 11) is 0. The molecule has 0 spiro atoms. The number of alkyl halides is 1. The highest BCUT2D eigenvalue weighted by Gasteiger charge is 2.23. The molecule has 6 heteroatoms. The number of primary amides is 1. The maximum absolute atomic E-state index is 11.2. The number of hydrogen-bond donors (Lipinski definition) is 3. The summed E-state index contributed by atoms with van der Waals surface area (Å²) in [6.45, 7) is 0. The molecule has 0 bridgehead atoms. The number of Topliss-reactive ketones (excluding diaryl/α,β-unsaturated/α-hetero) is 1. The molecule has 1 rings (SSSR count). The summed E-state index contributed by atoms with van der Waals surface area (Å²) >= 11 is 5.38. The smallest absolute Gasteiger partial charge is 0.249 e. The lowest BCUT2D eigenvalue weighted by Crippen LogP contribution is -2.33. The standard InChI is InChI=1S/C11H12ClNO4/c12-5-8(14)6-1-3-7(4-2-6)9(15)10(16)11(13)17/h1-4,9-10,15-16H,5H2,(H2,13,17). The molecule has 2 atom stereocenters. The van der Waals surface area contributed by atoms with Crippen molar-refractivity contribution >= 4 is 23.3 Å². The Morgan fingerprint density at radius 1 is 1.24 bits per heavy atom. The molecule has 0 aliphatic carbocycles. The molecule has 0 saturated carbocycles. The van der Waals surface area contributed by atoms with Crippen LogP contribution in [0.2, 0.25) is 0 Å². The summed E-state index contributed by atoms with van der Waals surface area (Å²) in [6.07, 6.45) is -3.09. The zero-order valence-electron chi connectivity index (χ0n) is 8.84. The van der Waals surface area contributed by atoms with Crippen LogP contribution in [-0.2, 0) is 4.79 Å². The van der Waals surface area contributed by atoms with E-state index in [1.807, 2.05) is 0 Å². The van der Waals surface area contributed by atoms with Gasteiger partial charge in [0.05, 0.1) is 5.88 Å². The molecule has 0 aromatic heterocycles. The van der Waals surface area contributed by atoms with Crippen molar-refractivity contribution in [3.05, 3.63) is 35.4 Å². The van der Waals surface area contributed by atoms with Gasteiger partial charge in [0.15, 0.2) is 11.9 Å². The lowest BCUT2D eigenvalue weighted by molar-refractivity contribution is -0.131. The van der Waals surface area contributed by atoms with Crippen molar-refractivity contribution in [1.82, 2.24) is 0 Å². The molecule has 0 aliphatic heterocycles. The number of carbonyl (C=O) groups excluding carboxylic acids is 2. The van der Waals surface area contributed by atoms with Crippen LogP contribution in [0.15, 0.2) is 24.3 Å². The van der Waals surface area contributed by atoms with Crippen LogP contribution < -0.4 is 5.73 Å². The maximum atomic E-state index is 11.2. The normalized spacial score (nSPS) is 14.1. The Labute approximate surface area is 103 Å². The van der Waals surface area contributed by atoms with Gasteiger partial charge in [0.2, 0.25) is 5.91 Å². The summed E-state index contributed by atoms with van der Waals surface area (Å²) in [6, 6.07) is 5.77. The van der Waals surface area contributed by atoms with Gasteiger partial charge in [-0.15, -0.1) is 11.6 Å². The van der Waals surface area contributed by atoms with Crippen LogP contribution in [0, 0.1) is 0 Å². The third-order valence-corrected chi connectivity index (χ3v) is 2.53. The molecule has 5 nitrogen and oxygen atoms in total. The van der Waals surface area contributed by atoms with Gasteiger partial charge in [0.25, 0.3) is 0 Å². The molecule has 92 valence electrons. The molecular weight excluding hydrogens is 246 g/mol. The van der Waals surface area contributed by atoms with Gasteiger partial charge in [-0.05, 0) is 5.56 Å². The Bertz CT molecular complexity index is 418. The SMILES string of the molecule is NC(=O)C(O)C(O)c1ccc(C(=O)CCl)cc1. The van der Waals surface area contributed by atoms with E-state index < -0.39 is 18.1 Å². The Hall–Kier alpha value is -1.43. The van der Waals surface area contributed by atoms with Gasteiger partial charge >= 0.3 is 0 Å². The fourth-order valence-electron chi connectivity index (χ4n) is 1.28. The average Bonchev–Trinajstić information content (AvgIpc) is 2.36. The fraction of sp³-hybridized carbons (Fsp3) is 0.273. The molecule has 1 aromatic rings. The number of halogens is 1. The van der Waals surface area contributed by atoms with Gasteiger partial charge in [-0.1, -0.05) is 24.3 Å². The van der Waals surface area contributed by atoms with Gasteiger partial charge in [-0.25, -0.2) is 0 Å². The van der Waals surface area contributed by atoms with Crippen molar-refractivity contribution in [2.24, 2.45) is 5.73 Å². The first kappa shape index (κ1) is 13.6. The van der Waals surface area contributed by atoms with Gasteiger partial charge in [0.1, 0.15) is 6.10 Å². The highest BCUT2D eigenvalue weighted by atomic mass is 35.5. The summed E-state index contributed by atoms with van der Waals surface area (Å²) < 4.78 is 0. The molecule has 2 unspecified atom stereocenters. The Morgan fingerprint density at radius 2 is 1.76 bits per heavy atom. The lowest BCUT2D eigenvalue weighted by Gasteiger charge is -2.15. The first-order valence-electron chi connectivity index (χ1n) is 4.82. The largest absolute Gasteiger partial charge is 0.385 e. The first-order chi connectivity index (χ1) is 7.97. The van der Waals surface area contributed by atoms with Crippen LogP contribution in [0.3, 0.4) is 0 Å². The third-order valence-electron chi connectivity index (χ3n) is 2.29. The molecule has 0 radical (unpaired) electrons. The molecule has 1 aromatic carbocycles. The van der Waals surface area contributed by atoms with Gasteiger partial charge in [0, 0.05) is 5.56 Å². The van der Waals surface area contributed by atoms with Crippen molar-refractivity contribution in [2.45, 2.75) is 12.2 Å². The van der Waals surface area contributed by atoms with E-state index in [0.717, 1.165) is 0 Å². The molecule has 0 fully saturated rings. The number of rotatable bonds is 5. The van der Waals surface area contributed by atoms with Gasteiger partial charge in [-0.3, -0.25) is 9.59 Å².